The maximum Gasteiger partial charge on any atom is 0.175 e. The van der Waals surface area contributed by atoms with Crippen LogP contribution in [0.4, 0.5) is 5.82 Å². The summed E-state index contributed by atoms with van der Waals surface area (Å²) in [5, 5.41) is 4.10. The number of sulfone groups is 1. The summed E-state index contributed by atoms with van der Waals surface area (Å²) in [6.45, 7) is 2.35. The number of anilines is 1. The molecule has 0 aliphatic carbocycles. The summed E-state index contributed by atoms with van der Waals surface area (Å²) in [6, 6.07) is 15.6. The standard InChI is InChI=1S/C20H21N3O2S2/c1-15-10-17(8-9-18(15)27(2,24)25)11-22-19-12-21-13-20(23-19)26-14-16-6-4-3-5-7-16/h3-10,12-13H,11,14H2,1-2H3,(H,22,23). The Kier molecular flexibility index (Phi) is 6.13. The lowest BCUT2D eigenvalue weighted by atomic mass is 10.1. The molecule has 3 aromatic rings. The van der Waals surface area contributed by atoms with Crippen molar-refractivity contribution in [2.75, 3.05) is 11.6 Å². The second-order valence-corrected chi connectivity index (χ2v) is 9.22. The average Bonchev–Trinajstić information content (AvgIpc) is 2.65. The van der Waals surface area contributed by atoms with Crippen LogP contribution in [0.2, 0.25) is 0 Å². The first-order valence-corrected chi connectivity index (χ1v) is 11.3. The third-order valence-corrected chi connectivity index (χ3v) is 6.18. The highest BCUT2D eigenvalue weighted by atomic mass is 32.2. The van der Waals surface area contributed by atoms with Gasteiger partial charge in [0.15, 0.2) is 9.84 Å². The molecular formula is C20H21N3O2S2. The normalized spacial score (nSPS) is 11.3. The molecule has 5 nitrogen and oxygen atoms in total. The molecule has 0 saturated carbocycles. The summed E-state index contributed by atoms with van der Waals surface area (Å²) in [4.78, 5) is 9.19. The van der Waals surface area contributed by atoms with Gasteiger partial charge in [0.05, 0.1) is 17.3 Å². The van der Waals surface area contributed by atoms with Crippen LogP contribution in [0.3, 0.4) is 0 Å². The molecule has 0 amide bonds. The monoisotopic (exact) mass is 399 g/mol. The molecule has 3 rings (SSSR count). The van der Waals surface area contributed by atoms with Crippen LogP contribution in [-0.2, 0) is 22.1 Å². The van der Waals surface area contributed by atoms with Crippen LogP contribution in [-0.4, -0.2) is 24.6 Å². The van der Waals surface area contributed by atoms with E-state index in [-0.39, 0.29) is 0 Å². The third-order valence-electron chi connectivity index (χ3n) is 3.95. The van der Waals surface area contributed by atoms with Gasteiger partial charge in [-0.1, -0.05) is 42.5 Å². The van der Waals surface area contributed by atoms with Gasteiger partial charge in [-0.15, -0.1) is 11.8 Å². The summed E-state index contributed by atoms with van der Waals surface area (Å²) in [5.41, 5.74) is 2.98. The van der Waals surface area contributed by atoms with Gasteiger partial charge in [-0.3, -0.25) is 4.98 Å². The summed E-state index contributed by atoms with van der Waals surface area (Å²) < 4.78 is 23.4. The number of nitrogens with one attached hydrogen (secondary N) is 1. The Morgan fingerprint density at radius 1 is 1.04 bits per heavy atom. The molecule has 27 heavy (non-hydrogen) atoms. The zero-order chi connectivity index (χ0) is 19.3. The Morgan fingerprint density at radius 2 is 1.81 bits per heavy atom. The first kappa shape index (κ1) is 19.4. The van der Waals surface area contributed by atoms with E-state index in [4.69, 9.17) is 0 Å². The van der Waals surface area contributed by atoms with Crippen LogP contribution in [0.15, 0.2) is 70.8 Å². The largest absolute Gasteiger partial charge is 0.365 e. The van der Waals surface area contributed by atoms with Gasteiger partial charge in [-0.05, 0) is 29.7 Å². The van der Waals surface area contributed by atoms with Crippen molar-refractivity contribution >= 4 is 27.4 Å². The van der Waals surface area contributed by atoms with E-state index in [1.807, 2.05) is 30.3 Å². The molecule has 0 radical (unpaired) electrons. The minimum Gasteiger partial charge on any atom is -0.365 e. The van der Waals surface area contributed by atoms with E-state index in [0.29, 0.717) is 17.3 Å². The molecule has 0 aliphatic heterocycles. The molecule has 0 bridgehead atoms. The second-order valence-electron chi connectivity index (χ2n) is 6.24. The molecule has 0 aliphatic rings. The maximum absolute atomic E-state index is 11.7. The molecule has 0 saturated heterocycles. The lowest BCUT2D eigenvalue weighted by Crippen LogP contribution is -2.05. The number of rotatable bonds is 7. The molecule has 2 aromatic carbocycles. The van der Waals surface area contributed by atoms with Gasteiger partial charge in [-0.2, -0.15) is 0 Å². The van der Waals surface area contributed by atoms with E-state index in [2.05, 4.69) is 27.4 Å². The number of benzene rings is 2. The van der Waals surface area contributed by atoms with Gasteiger partial charge >= 0.3 is 0 Å². The minimum atomic E-state index is -3.20. The second kappa shape index (κ2) is 8.54. The molecule has 0 spiro atoms. The fourth-order valence-electron chi connectivity index (χ4n) is 2.66. The molecule has 0 unspecified atom stereocenters. The van der Waals surface area contributed by atoms with Crippen molar-refractivity contribution in [2.45, 2.75) is 29.1 Å². The van der Waals surface area contributed by atoms with Crippen LogP contribution in [0.5, 0.6) is 0 Å². The highest BCUT2D eigenvalue weighted by Gasteiger charge is 2.11. The fraction of sp³-hybridized carbons (Fsp3) is 0.200. The number of aryl methyl sites for hydroxylation is 1. The van der Waals surface area contributed by atoms with E-state index in [0.717, 1.165) is 21.9 Å². The Labute approximate surface area is 164 Å². The molecule has 140 valence electrons. The Hall–Kier alpha value is -2.38. The number of thioether (sulfide) groups is 1. The van der Waals surface area contributed by atoms with E-state index in [1.165, 1.54) is 11.8 Å². The molecule has 1 aromatic heterocycles. The lowest BCUT2D eigenvalue weighted by molar-refractivity contribution is 0.601. The van der Waals surface area contributed by atoms with E-state index < -0.39 is 9.84 Å². The Balaban J connectivity index is 1.62. The van der Waals surface area contributed by atoms with E-state index in [1.54, 1.807) is 37.1 Å². The number of hydrogen-bond acceptors (Lipinski definition) is 6. The van der Waals surface area contributed by atoms with Crippen LogP contribution in [0.25, 0.3) is 0 Å². The van der Waals surface area contributed by atoms with Crippen LogP contribution < -0.4 is 5.32 Å². The lowest BCUT2D eigenvalue weighted by Gasteiger charge is -2.09. The minimum absolute atomic E-state index is 0.366. The van der Waals surface area contributed by atoms with Gasteiger partial charge in [0.2, 0.25) is 0 Å². The van der Waals surface area contributed by atoms with Gasteiger partial charge in [0.25, 0.3) is 0 Å². The SMILES string of the molecule is Cc1cc(CNc2cncc(SCc3ccccc3)n2)ccc1S(C)(=O)=O. The van der Waals surface area contributed by atoms with Crippen molar-refractivity contribution in [3.05, 3.63) is 77.6 Å². The molecule has 7 heteroatoms. The first-order valence-electron chi connectivity index (χ1n) is 8.44. The van der Waals surface area contributed by atoms with Crippen LogP contribution in [0, 0.1) is 6.92 Å². The van der Waals surface area contributed by atoms with Crippen molar-refractivity contribution in [3.63, 3.8) is 0 Å². The Bertz CT molecular complexity index is 1020. The van der Waals surface area contributed by atoms with E-state index >= 15 is 0 Å². The summed E-state index contributed by atoms with van der Waals surface area (Å²) in [5.74, 6) is 1.53. The summed E-state index contributed by atoms with van der Waals surface area (Å²) >= 11 is 1.64. The highest BCUT2D eigenvalue weighted by Crippen LogP contribution is 2.22. The average molecular weight is 400 g/mol. The number of aromatic nitrogens is 2. The van der Waals surface area contributed by atoms with Crippen molar-refractivity contribution in [1.82, 2.24) is 9.97 Å². The van der Waals surface area contributed by atoms with E-state index in [9.17, 15) is 8.42 Å². The zero-order valence-electron chi connectivity index (χ0n) is 15.2. The van der Waals surface area contributed by atoms with Crippen molar-refractivity contribution in [1.29, 1.82) is 0 Å². The predicted molar refractivity (Wildman–Crippen MR) is 110 cm³/mol. The maximum atomic E-state index is 11.7. The van der Waals surface area contributed by atoms with Gasteiger partial charge in [0.1, 0.15) is 10.8 Å². The third kappa shape index (κ3) is 5.55. The highest BCUT2D eigenvalue weighted by molar-refractivity contribution is 7.98. The number of nitrogens with zero attached hydrogens (tertiary/aromatic N) is 2. The molecule has 0 fully saturated rings. The Morgan fingerprint density at radius 3 is 2.52 bits per heavy atom. The van der Waals surface area contributed by atoms with Crippen LogP contribution in [0.1, 0.15) is 16.7 Å². The number of hydrogen-bond donors (Lipinski definition) is 1. The van der Waals surface area contributed by atoms with Crippen LogP contribution >= 0.6 is 11.8 Å². The van der Waals surface area contributed by atoms with Crippen molar-refractivity contribution < 1.29 is 8.42 Å². The van der Waals surface area contributed by atoms with Crippen molar-refractivity contribution in [2.24, 2.45) is 0 Å². The van der Waals surface area contributed by atoms with Crippen molar-refractivity contribution in [3.8, 4) is 0 Å². The van der Waals surface area contributed by atoms with Gasteiger partial charge in [0, 0.05) is 18.6 Å². The zero-order valence-corrected chi connectivity index (χ0v) is 16.8. The van der Waals surface area contributed by atoms with Gasteiger partial charge < -0.3 is 5.32 Å². The molecule has 1 heterocycles. The first-order chi connectivity index (χ1) is 12.9. The molecule has 0 atom stereocenters. The fourth-order valence-corrected chi connectivity index (χ4v) is 4.43. The molecular weight excluding hydrogens is 378 g/mol. The van der Waals surface area contributed by atoms with Gasteiger partial charge in [-0.25, -0.2) is 13.4 Å². The summed E-state index contributed by atoms with van der Waals surface area (Å²) in [6.07, 6.45) is 4.66. The topological polar surface area (TPSA) is 72.0 Å². The molecule has 1 N–H and O–H groups in total. The summed E-state index contributed by atoms with van der Waals surface area (Å²) in [7, 11) is -3.20. The quantitative estimate of drug-likeness (QED) is 0.603. The predicted octanol–water partition coefficient (Wildman–Crippen LogP) is 4.09. The smallest absolute Gasteiger partial charge is 0.175 e.